The Morgan fingerprint density at radius 2 is 1.74 bits per heavy atom. The van der Waals surface area contributed by atoms with Crippen LogP contribution < -0.4 is 19.5 Å². The smallest absolute Gasteiger partial charge is 0.329 e. The molecular weight excluding hydrogens is 540 g/mol. The summed E-state index contributed by atoms with van der Waals surface area (Å²) in [4.78, 5) is 42.1. The highest BCUT2D eigenvalue weighted by Gasteiger charge is 2.36. The maximum absolute atomic E-state index is 13.4. The average Bonchev–Trinajstić information content (AvgIpc) is 3.03. The van der Waals surface area contributed by atoms with Crippen molar-refractivity contribution in [1.29, 1.82) is 0 Å². The molecule has 4 rings (SSSR count). The van der Waals surface area contributed by atoms with Crippen LogP contribution in [0.4, 0.5) is 0 Å². The molecule has 1 N–H and O–H groups in total. The molecule has 0 bridgehead atoms. The van der Waals surface area contributed by atoms with Crippen LogP contribution in [0.1, 0.15) is 49.2 Å². The van der Waals surface area contributed by atoms with Crippen molar-refractivity contribution < 1.29 is 38.1 Å². The number of carbonyl (C=O) groups excluding carboxylic acids is 3. The van der Waals surface area contributed by atoms with E-state index in [9.17, 15) is 14.4 Å². The maximum atomic E-state index is 13.4. The largest absolute Gasteiger partial charge is 0.493 e. The van der Waals surface area contributed by atoms with Gasteiger partial charge in [0.05, 0.1) is 7.11 Å². The zero-order valence-electron chi connectivity index (χ0n) is 24.0. The number of hydrogen-bond acceptors (Lipinski definition) is 9. The Bertz CT molecular complexity index is 1330. The van der Waals surface area contributed by atoms with Gasteiger partial charge in [0.1, 0.15) is 24.0 Å². The van der Waals surface area contributed by atoms with Gasteiger partial charge in [-0.1, -0.05) is 55.0 Å². The Hall–Kier alpha value is -4.60. The lowest BCUT2D eigenvalue weighted by atomic mass is 9.86. The van der Waals surface area contributed by atoms with E-state index in [0.717, 1.165) is 18.4 Å². The molecule has 1 aliphatic heterocycles. The molecule has 42 heavy (non-hydrogen) atoms. The number of nitrogens with zero attached hydrogens (tertiary/aromatic N) is 1. The van der Waals surface area contributed by atoms with Crippen molar-refractivity contribution in [3.63, 3.8) is 0 Å². The number of methoxy groups -OCH3 is 1. The SMILES string of the molecule is COc1ccnc(C(=O)N[C@H]2CCC[C@H](Cc3ccccc3)[C@@H](Oc3ccccc3)[C@H](C)OC2=O)c1OCOC(C)=O. The van der Waals surface area contributed by atoms with Gasteiger partial charge in [-0.2, -0.15) is 0 Å². The van der Waals surface area contributed by atoms with Crippen LogP contribution >= 0.6 is 0 Å². The molecule has 1 aromatic heterocycles. The normalized spacial score (nSPS) is 20.6. The van der Waals surface area contributed by atoms with E-state index in [1.165, 1.54) is 26.3 Å². The summed E-state index contributed by atoms with van der Waals surface area (Å²) >= 11 is 0. The van der Waals surface area contributed by atoms with Gasteiger partial charge in [-0.3, -0.25) is 9.59 Å². The third-order valence-corrected chi connectivity index (χ3v) is 7.01. The number of aromatic nitrogens is 1. The minimum Gasteiger partial charge on any atom is -0.493 e. The minimum atomic E-state index is -0.929. The van der Waals surface area contributed by atoms with Crippen LogP contribution in [-0.2, 0) is 25.5 Å². The molecule has 0 radical (unpaired) electrons. The van der Waals surface area contributed by atoms with Crippen LogP contribution in [0.2, 0.25) is 0 Å². The van der Waals surface area contributed by atoms with E-state index in [-0.39, 0.29) is 23.1 Å². The first-order valence-corrected chi connectivity index (χ1v) is 13.9. The number of rotatable bonds is 10. The topological polar surface area (TPSA) is 122 Å². The molecule has 3 aromatic rings. The summed E-state index contributed by atoms with van der Waals surface area (Å²) in [5.74, 6) is -0.822. The molecule has 4 atom stereocenters. The number of amides is 1. The van der Waals surface area contributed by atoms with Crippen LogP contribution in [0.25, 0.3) is 0 Å². The second-order valence-electron chi connectivity index (χ2n) is 10.0. The summed E-state index contributed by atoms with van der Waals surface area (Å²) in [5.41, 5.74) is 1.05. The van der Waals surface area contributed by atoms with Gasteiger partial charge >= 0.3 is 11.9 Å². The van der Waals surface area contributed by atoms with Gasteiger partial charge in [0, 0.05) is 25.1 Å². The molecule has 1 saturated heterocycles. The highest BCUT2D eigenvalue weighted by Crippen LogP contribution is 2.31. The molecule has 10 heteroatoms. The van der Waals surface area contributed by atoms with E-state index >= 15 is 0 Å². The van der Waals surface area contributed by atoms with Gasteiger partial charge in [-0.05, 0) is 43.9 Å². The van der Waals surface area contributed by atoms with Crippen LogP contribution in [0.5, 0.6) is 17.2 Å². The molecule has 2 aromatic carbocycles. The van der Waals surface area contributed by atoms with Crippen molar-refractivity contribution in [3.8, 4) is 17.2 Å². The number of carbonyl (C=O) groups is 3. The predicted molar refractivity (Wildman–Crippen MR) is 153 cm³/mol. The first-order valence-electron chi connectivity index (χ1n) is 13.9. The summed E-state index contributed by atoms with van der Waals surface area (Å²) in [6.45, 7) is 2.62. The lowest BCUT2D eigenvalue weighted by Crippen LogP contribution is -2.45. The average molecular weight is 577 g/mol. The Morgan fingerprint density at radius 1 is 1.02 bits per heavy atom. The van der Waals surface area contributed by atoms with Crippen molar-refractivity contribution in [2.24, 2.45) is 5.92 Å². The van der Waals surface area contributed by atoms with Crippen LogP contribution in [-0.4, -0.2) is 55.0 Å². The molecule has 222 valence electrons. The fourth-order valence-electron chi connectivity index (χ4n) is 4.99. The number of esters is 2. The fourth-order valence-corrected chi connectivity index (χ4v) is 4.99. The minimum absolute atomic E-state index is 0.0113. The molecule has 1 aliphatic rings. The second kappa shape index (κ2) is 14.9. The zero-order valence-corrected chi connectivity index (χ0v) is 24.0. The van der Waals surface area contributed by atoms with Crippen LogP contribution in [0.15, 0.2) is 72.9 Å². The third kappa shape index (κ3) is 8.22. The molecular formula is C32H36N2O8. The van der Waals surface area contributed by atoms with Gasteiger partial charge in [-0.25, -0.2) is 9.78 Å². The van der Waals surface area contributed by atoms with Gasteiger partial charge in [0.15, 0.2) is 17.2 Å². The summed E-state index contributed by atoms with van der Waals surface area (Å²) in [6, 6.07) is 20.2. The second-order valence-corrected chi connectivity index (χ2v) is 10.0. The van der Waals surface area contributed by atoms with Crippen molar-refractivity contribution >= 4 is 17.8 Å². The highest BCUT2D eigenvalue weighted by molar-refractivity contribution is 5.98. The monoisotopic (exact) mass is 576 g/mol. The van der Waals surface area contributed by atoms with E-state index in [1.807, 2.05) is 55.5 Å². The molecule has 1 fully saturated rings. The zero-order chi connectivity index (χ0) is 29.9. The van der Waals surface area contributed by atoms with E-state index < -0.39 is 42.9 Å². The Kier molecular flexibility index (Phi) is 10.7. The van der Waals surface area contributed by atoms with Gasteiger partial charge in [0.2, 0.25) is 6.79 Å². The number of benzene rings is 2. The lowest BCUT2D eigenvalue weighted by Gasteiger charge is -2.31. The van der Waals surface area contributed by atoms with Crippen molar-refractivity contribution in [1.82, 2.24) is 10.3 Å². The van der Waals surface area contributed by atoms with Gasteiger partial charge in [-0.15, -0.1) is 0 Å². The summed E-state index contributed by atoms with van der Waals surface area (Å²) in [6.07, 6.45) is 2.86. The standard InChI is InChI=1S/C32H36N2O8/c1-21-29(42-25-14-8-5-9-15-25)24(19-23-11-6-4-7-12-23)13-10-16-26(32(37)41-21)34-31(36)28-30(40-20-39-22(2)35)27(38-3)17-18-33-28/h4-9,11-12,14-15,17-18,21,24,26,29H,10,13,16,19-20H2,1-3H3,(H,34,36)/t21-,24+,26-,29-/m0/s1. The Morgan fingerprint density at radius 3 is 2.43 bits per heavy atom. The van der Waals surface area contributed by atoms with Gasteiger partial charge in [0.25, 0.3) is 5.91 Å². The number of pyridine rings is 1. The van der Waals surface area contributed by atoms with Crippen LogP contribution in [0, 0.1) is 5.92 Å². The Balaban J connectivity index is 1.54. The predicted octanol–water partition coefficient (Wildman–Crippen LogP) is 4.51. The number of nitrogens with one attached hydrogen (secondary N) is 1. The maximum Gasteiger partial charge on any atom is 0.329 e. The van der Waals surface area contributed by atoms with Crippen molar-refractivity contribution in [2.45, 2.75) is 57.8 Å². The van der Waals surface area contributed by atoms with E-state index in [2.05, 4.69) is 22.4 Å². The molecule has 10 nitrogen and oxygen atoms in total. The van der Waals surface area contributed by atoms with E-state index in [1.54, 1.807) is 0 Å². The molecule has 1 amide bonds. The number of hydrogen-bond donors (Lipinski definition) is 1. The summed E-state index contributed by atoms with van der Waals surface area (Å²) < 4.78 is 28.0. The summed E-state index contributed by atoms with van der Waals surface area (Å²) in [5, 5.41) is 2.76. The van der Waals surface area contributed by atoms with E-state index in [4.69, 9.17) is 23.7 Å². The van der Waals surface area contributed by atoms with Crippen molar-refractivity contribution in [3.05, 3.63) is 84.2 Å². The quantitative estimate of drug-likeness (QED) is 0.274. The molecule has 0 spiro atoms. The lowest BCUT2D eigenvalue weighted by molar-refractivity contribution is -0.156. The van der Waals surface area contributed by atoms with Crippen LogP contribution in [0.3, 0.4) is 0 Å². The summed E-state index contributed by atoms with van der Waals surface area (Å²) in [7, 11) is 1.41. The van der Waals surface area contributed by atoms with E-state index in [0.29, 0.717) is 18.6 Å². The number of ether oxygens (including phenoxy) is 5. The molecule has 0 aliphatic carbocycles. The Labute approximate surface area is 245 Å². The first kappa shape index (κ1) is 30.4. The third-order valence-electron chi connectivity index (χ3n) is 7.01. The first-order chi connectivity index (χ1) is 20.4. The molecule has 2 heterocycles. The molecule has 0 unspecified atom stereocenters. The number of para-hydroxylation sites is 1. The van der Waals surface area contributed by atoms with Gasteiger partial charge < -0.3 is 29.0 Å². The molecule has 0 saturated carbocycles. The fraction of sp³-hybridized carbons (Fsp3) is 0.375. The van der Waals surface area contributed by atoms with Crippen molar-refractivity contribution in [2.75, 3.05) is 13.9 Å². The number of cyclic esters (lactones) is 1. The highest BCUT2D eigenvalue weighted by atomic mass is 16.7.